The molecule has 0 aliphatic heterocycles. The molecule has 0 aromatic heterocycles. The van der Waals surface area contributed by atoms with Crippen molar-refractivity contribution < 1.29 is 4.92 Å². The highest BCUT2D eigenvalue weighted by Gasteiger charge is 2.30. The first-order valence-corrected chi connectivity index (χ1v) is 21.0. The maximum Gasteiger partial charge on any atom is 0.269 e. The summed E-state index contributed by atoms with van der Waals surface area (Å²) in [5.41, 5.74) is 6.73. The van der Waals surface area contributed by atoms with Gasteiger partial charge in [-0.2, -0.15) is 16.4 Å². The highest BCUT2D eigenvalue weighted by atomic mass is 32.2. The maximum atomic E-state index is 10.9. The molecule has 1 unspecified atom stereocenters. The smallest absolute Gasteiger partial charge is 0.258 e. The molecule has 0 N–H and O–H groups in total. The van der Waals surface area contributed by atoms with E-state index in [1.54, 1.807) is 23.9 Å². The SMILES string of the molecule is O=[N+]([O-])c1ccc(C[S+](c2ccccc2)c2ccc(Sc3ccccc3)cc2)cc1.c1ccc(C[B-](c2ccccc2)(c2ccccc2)c2ccccc2)cc1. The van der Waals surface area contributed by atoms with Gasteiger partial charge in [-0.25, -0.2) is 0 Å². The van der Waals surface area contributed by atoms with Gasteiger partial charge < -0.3 is 0 Å². The molecule has 0 bridgehead atoms. The van der Waals surface area contributed by atoms with Crippen LogP contribution in [0.2, 0.25) is 0 Å². The third-order valence-corrected chi connectivity index (χ3v) is 13.4. The van der Waals surface area contributed by atoms with Crippen LogP contribution in [0.15, 0.2) is 250 Å². The molecule has 56 heavy (non-hydrogen) atoms. The van der Waals surface area contributed by atoms with Gasteiger partial charge in [0.25, 0.3) is 5.69 Å². The van der Waals surface area contributed by atoms with Crippen LogP contribution in [-0.2, 0) is 23.0 Å². The first-order valence-electron chi connectivity index (χ1n) is 18.8. The van der Waals surface area contributed by atoms with E-state index in [9.17, 15) is 10.1 Å². The Morgan fingerprint density at radius 1 is 0.429 bits per heavy atom. The number of nitrogens with zero attached hydrogens (tertiary/aromatic N) is 1. The minimum atomic E-state index is -1.09. The maximum absolute atomic E-state index is 10.9. The lowest BCUT2D eigenvalue weighted by Gasteiger charge is -2.43. The molecular weight excluding hydrogens is 722 g/mol. The third-order valence-electron chi connectivity index (χ3n) is 10.1. The summed E-state index contributed by atoms with van der Waals surface area (Å²) in [5, 5.41) is 10.9. The average molecular weight is 764 g/mol. The lowest BCUT2D eigenvalue weighted by atomic mass is 9.14. The second-order valence-electron chi connectivity index (χ2n) is 13.6. The molecule has 0 fully saturated rings. The van der Waals surface area contributed by atoms with Gasteiger partial charge in [-0.1, -0.05) is 175 Å². The molecule has 0 amide bonds. The van der Waals surface area contributed by atoms with E-state index in [4.69, 9.17) is 0 Å². The van der Waals surface area contributed by atoms with E-state index in [1.165, 1.54) is 41.5 Å². The zero-order valence-corrected chi connectivity index (χ0v) is 32.6. The fraction of sp³-hybridized carbons (Fsp3) is 0.0400. The predicted octanol–water partition coefficient (Wildman–Crippen LogP) is 10.9. The Morgan fingerprint density at radius 2 is 0.821 bits per heavy atom. The van der Waals surface area contributed by atoms with E-state index >= 15 is 0 Å². The van der Waals surface area contributed by atoms with E-state index in [0.29, 0.717) is 0 Å². The monoisotopic (exact) mass is 763 g/mol. The lowest BCUT2D eigenvalue weighted by Crippen LogP contribution is -2.68. The third kappa shape index (κ3) is 9.59. The number of hydrogen-bond donors (Lipinski definition) is 0. The van der Waals surface area contributed by atoms with Gasteiger partial charge in [0, 0.05) is 27.5 Å². The number of nitro benzene ring substituents is 1. The minimum Gasteiger partial charge on any atom is -0.258 e. The lowest BCUT2D eigenvalue weighted by molar-refractivity contribution is -0.384. The summed E-state index contributed by atoms with van der Waals surface area (Å²) in [4.78, 5) is 15.5. The molecule has 1 atom stereocenters. The Morgan fingerprint density at radius 3 is 1.29 bits per heavy atom. The standard InChI is InChI=1S/C25H22B.C25H20NO2S2/c1-5-13-22(14-6-1)21-26(23-15-7-2-8-16-23,24-17-9-3-10-18-24)25-19-11-4-12-20-25;27-26(28)21-13-11-20(12-14-21)19-30(24-9-5-2-6-10-24)25-17-15-23(16-18-25)29-22-7-3-1-4-8-22/h1-20H,21H2;1-18H,19H2/q-1;+1. The molecule has 3 nitrogen and oxygen atoms in total. The highest BCUT2D eigenvalue weighted by Crippen LogP contribution is 2.32. The number of hydrogen-bond acceptors (Lipinski definition) is 3. The topological polar surface area (TPSA) is 43.1 Å². The fourth-order valence-electron chi connectivity index (χ4n) is 7.31. The largest absolute Gasteiger partial charge is 0.269 e. The van der Waals surface area contributed by atoms with Crippen LogP contribution in [0.25, 0.3) is 0 Å². The summed E-state index contributed by atoms with van der Waals surface area (Å²) in [6.45, 7) is 0. The molecule has 8 aromatic carbocycles. The van der Waals surface area contributed by atoms with E-state index < -0.39 is 6.15 Å². The molecular formula is C50H42BNO2S2. The number of non-ortho nitro benzene ring substituents is 1. The highest BCUT2D eigenvalue weighted by molar-refractivity contribution is 7.99. The van der Waals surface area contributed by atoms with Crippen molar-refractivity contribution in [2.75, 3.05) is 0 Å². The van der Waals surface area contributed by atoms with Crippen LogP contribution in [0.4, 0.5) is 5.69 Å². The van der Waals surface area contributed by atoms with Gasteiger partial charge in [0.15, 0.2) is 9.79 Å². The Bertz CT molecular complexity index is 2290. The minimum absolute atomic E-state index is 0.126. The van der Waals surface area contributed by atoms with E-state index in [-0.39, 0.29) is 21.5 Å². The molecule has 0 aliphatic carbocycles. The molecule has 274 valence electrons. The summed E-state index contributed by atoms with van der Waals surface area (Å²) >= 11 is 1.75. The number of benzene rings is 8. The van der Waals surface area contributed by atoms with Crippen molar-refractivity contribution in [3.63, 3.8) is 0 Å². The van der Waals surface area contributed by atoms with Crippen LogP contribution in [-0.4, -0.2) is 11.1 Å². The van der Waals surface area contributed by atoms with Gasteiger partial charge in [-0.05, 0) is 60.7 Å². The van der Waals surface area contributed by atoms with Crippen molar-refractivity contribution >= 4 is 50.9 Å². The van der Waals surface area contributed by atoms with Crippen molar-refractivity contribution in [3.05, 3.63) is 252 Å². The van der Waals surface area contributed by atoms with Gasteiger partial charge in [0.2, 0.25) is 0 Å². The van der Waals surface area contributed by atoms with Crippen molar-refractivity contribution in [2.45, 2.75) is 31.7 Å². The molecule has 8 rings (SSSR count). The van der Waals surface area contributed by atoms with Crippen LogP contribution in [0, 0.1) is 10.1 Å². The zero-order valence-electron chi connectivity index (χ0n) is 31.0. The second-order valence-corrected chi connectivity index (χ2v) is 16.8. The van der Waals surface area contributed by atoms with Crippen molar-refractivity contribution in [2.24, 2.45) is 0 Å². The average Bonchev–Trinajstić information content (AvgIpc) is 3.27. The fourth-order valence-corrected chi connectivity index (χ4v) is 10.2. The molecule has 0 heterocycles. The predicted molar refractivity (Wildman–Crippen MR) is 238 cm³/mol. The first-order chi connectivity index (χ1) is 27.6. The Kier molecular flexibility index (Phi) is 13.0. The summed E-state index contributed by atoms with van der Waals surface area (Å²) < 4.78 is 0. The number of nitro groups is 1. The van der Waals surface area contributed by atoms with E-state index in [1.807, 2.05) is 36.4 Å². The second kappa shape index (κ2) is 19.0. The summed E-state index contributed by atoms with van der Waals surface area (Å²) in [6, 6.07) is 80.2. The molecule has 0 aliphatic rings. The quantitative estimate of drug-likeness (QED) is 0.0539. The first kappa shape index (κ1) is 38.2. The Hall–Kier alpha value is -6.08. The van der Waals surface area contributed by atoms with Crippen molar-refractivity contribution in [1.29, 1.82) is 0 Å². The van der Waals surface area contributed by atoms with Crippen LogP contribution < -0.4 is 16.4 Å². The number of rotatable bonds is 12. The summed E-state index contributed by atoms with van der Waals surface area (Å²) in [7, 11) is -0.153. The Labute approximate surface area is 337 Å². The van der Waals surface area contributed by atoms with Gasteiger partial charge in [-0.15, -0.1) is 6.32 Å². The van der Waals surface area contributed by atoms with Gasteiger partial charge in [0.1, 0.15) is 5.75 Å². The van der Waals surface area contributed by atoms with Crippen LogP contribution in [0.3, 0.4) is 0 Å². The zero-order chi connectivity index (χ0) is 38.4. The molecule has 0 saturated heterocycles. The van der Waals surface area contributed by atoms with Crippen molar-refractivity contribution in [1.82, 2.24) is 0 Å². The van der Waals surface area contributed by atoms with Gasteiger partial charge >= 0.3 is 0 Å². The van der Waals surface area contributed by atoms with E-state index in [0.717, 1.165) is 17.6 Å². The molecule has 0 radical (unpaired) electrons. The molecule has 0 saturated carbocycles. The molecule has 8 aromatic rings. The van der Waals surface area contributed by atoms with Gasteiger partial charge in [0.05, 0.1) is 22.0 Å². The summed E-state index contributed by atoms with van der Waals surface area (Å²) in [6.07, 6.45) is -0.109. The van der Waals surface area contributed by atoms with Crippen LogP contribution in [0.1, 0.15) is 11.1 Å². The Balaban J connectivity index is 0.000000173. The molecule has 6 heteroatoms. The van der Waals surface area contributed by atoms with Crippen molar-refractivity contribution in [3.8, 4) is 0 Å². The van der Waals surface area contributed by atoms with Crippen LogP contribution >= 0.6 is 11.8 Å². The normalized spacial score (nSPS) is 11.5. The van der Waals surface area contributed by atoms with Crippen LogP contribution in [0.5, 0.6) is 0 Å². The van der Waals surface area contributed by atoms with Gasteiger partial charge in [-0.3, -0.25) is 10.1 Å². The van der Waals surface area contributed by atoms with E-state index in [2.05, 4.69) is 182 Å². The molecule has 0 spiro atoms. The summed E-state index contributed by atoms with van der Waals surface area (Å²) in [5.74, 6) is 0.813.